The molecule has 0 unspecified atom stereocenters. The maximum atomic E-state index is 14.5. The molecule has 0 atom stereocenters. The number of nitrogens with zero attached hydrogens (tertiary/aromatic N) is 4. The second kappa shape index (κ2) is 10.7. The molecule has 0 N–H and O–H groups in total. The minimum Gasteiger partial charge on any atom is -0.457 e. The van der Waals surface area contributed by atoms with Gasteiger partial charge < -0.3 is 4.74 Å². The fourth-order valence-electron chi connectivity index (χ4n) is 6.25. The average molecular weight is 595 g/mol. The largest absolute Gasteiger partial charge is 0.457 e. The fraction of sp³-hybridized carbons (Fsp3) is 0.179. The van der Waals surface area contributed by atoms with Gasteiger partial charge in [-0.05, 0) is 97.5 Å². The molecule has 0 saturated heterocycles. The number of hydrogen-bond donors (Lipinski definition) is 0. The Hall–Kier alpha value is -5.23. The van der Waals surface area contributed by atoms with Crippen LogP contribution in [-0.4, -0.2) is 19.3 Å². The molecule has 0 radical (unpaired) electrons. The second-order valence-corrected chi connectivity index (χ2v) is 12.8. The quantitative estimate of drug-likeness (QED) is 0.199. The van der Waals surface area contributed by atoms with Gasteiger partial charge in [-0.3, -0.25) is 4.57 Å². The van der Waals surface area contributed by atoms with E-state index in [2.05, 4.69) is 63.5 Å². The molecule has 0 amide bonds. The summed E-state index contributed by atoms with van der Waals surface area (Å²) >= 11 is 0. The molecular weight excluding hydrogens is 559 g/mol. The van der Waals surface area contributed by atoms with Crippen LogP contribution in [0, 0.1) is 26.6 Å². The van der Waals surface area contributed by atoms with Gasteiger partial charge in [0.2, 0.25) is 0 Å². The molecular formula is C39H35FN4O. The highest BCUT2D eigenvalue weighted by molar-refractivity contribution is 6.09. The van der Waals surface area contributed by atoms with Gasteiger partial charge in [0.05, 0.1) is 22.4 Å². The Labute approximate surface area is 262 Å². The third-order valence-corrected chi connectivity index (χ3v) is 8.41. The molecule has 5 nitrogen and oxygen atoms in total. The van der Waals surface area contributed by atoms with Crippen LogP contribution in [0.15, 0.2) is 103 Å². The van der Waals surface area contributed by atoms with Crippen LogP contribution in [0.25, 0.3) is 44.4 Å². The van der Waals surface area contributed by atoms with E-state index in [-0.39, 0.29) is 11.2 Å². The number of ether oxygens (including phenoxy) is 1. The zero-order valence-electron chi connectivity index (χ0n) is 26.4. The number of halogens is 1. The third-order valence-electron chi connectivity index (χ3n) is 8.41. The summed E-state index contributed by atoms with van der Waals surface area (Å²) in [6.07, 6.45) is 1.84. The van der Waals surface area contributed by atoms with E-state index in [4.69, 9.17) is 14.8 Å². The number of aromatic nitrogens is 4. The van der Waals surface area contributed by atoms with Crippen LogP contribution in [0.3, 0.4) is 0 Å². The third kappa shape index (κ3) is 5.16. The number of benzene rings is 4. The summed E-state index contributed by atoms with van der Waals surface area (Å²) in [5, 5.41) is 6.67. The Morgan fingerprint density at radius 3 is 2.31 bits per heavy atom. The van der Waals surface area contributed by atoms with Crippen LogP contribution in [0.4, 0.5) is 4.39 Å². The molecule has 0 bridgehead atoms. The van der Waals surface area contributed by atoms with Gasteiger partial charge in [0, 0.05) is 40.4 Å². The van der Waals surface area contributed by atoms with Crippen molar-refractivity contribution >= 4 is 21.8 Å². The minimum atomic E-state index is -0.273. The first-order valence-electron chi connectivity index (χ1n) is 15.2. The normalized spacial score (nSPS) is 11.9. The summed E-state index contributed by atoms with van der Waals surface area (Å²) in [6.45, 7) is 12.8. The number of hydrogen-bond acceptors (Lipinski definition) is 3. The Bertz CT molecular complexity index is 2220. The Kier molecular flexibility index (Phi) is 6.81. The van der Waals surface area contributed by atoms with Gasteiger partial charge in [-0.25, -0.2) is 14.1 Å². The second-order valence-electron chi connectivity index (χ2n) is 12.8. The van der Waals surface area contributed by atoms with Gasteiger partial charge in [0.1, 0.15) is 23.1 Å². The highest BCUT2D eigenvalue weighted by Gasteiger charge is 2.19. The van der Waals surface area contributed by atoms with Crippen molar-refractivity contribution < 1.29 is 9.13 Å². The van der Waals surface area contributed by atoms with Crippen molar-refractivity contribution in [2.24, 2.45) is 0 Å². The van der Waals surface area contributed by atoms with E-state index in [0.29, 0.717) is 11.5 Å². The van der Waals surface area contributed by atoms with E-state index >= 15 is 0 Å². The van der Waals surface area contributed by atoms with Crippen molar-refractivity contribution in [2.75, 3.05) is 0 Å². The standard InChI is InChI=1S/C39H35FN4O/c1-24-18-30(44-26(3)38(25(2)42-44)27-10-8-7-9-11-27)22-32(19-24)45-31-13-14-33-34-21-29(40)12-15-35(34)43(36(33)23-31)37-20-28(16-17-41-37)39(4,5)6/h7-23H,1-6H3. The molecule has 45 heavy (non-hydrogen) atoms. The first-order chi connectivity index (χ1) is 21.6. The molecule has 0 saturated carbocycles. The number of rotatable bonds is 5. The highest BCUT2D eigenvalue weighted by Crippen LogP contribution is 2.37. The fourth-order valence-corrected chi connectivity index (χ4v) is 6.25. The van der Waals surface area contributed by atoms with E-state index in [0.717, 1.165) is 61.4 Å². The van der Waals surface area contributed by atoms with Crippen molar-refractivity contribution in [3.05, 3.63) is 132 Å². The molecule has 224 valence electrons. The number of aryl methyl sites for hydroxylation is 2. The van der Waals surface area contributed by atoms with Crippen molar-refractivity contribution in [3.63, 3.8) is 0 Å². The number of fused-ring (bicyclic) bond motifs is 3. The van der Waals surface area contributed by atoms with Crippen molar-refractivity contribution in [2.45, 2.75) is 47.0 Å². The molecule has 0 fully saturated rings. The summed E-state index contributed by atoms with van der Waals surface area (Å²) in [6, 6.07) is 31.5. The first-order valence-corrected chi connectivity index (χ1v) is 15.2. The van der Waals surface area contributed by atoms with Gasteiger partial charge in [-0.1, -0.05) is 51.1 Å². The van der Waals surface area contributed by atoms with Crippen LogP contribution >= 0.6 is 0 Å². The lowest BCUT2D eigenvalue weighted by atomic mass is 9.88. The summed E-state index contributed by atoms with van der Waals surface area (Å²) in [5.74, 6) is 1.89. The molecule has 6 heteroatoms. The molecule has 0 spiro atoms. The Morgan fingerprint density at radius 1 is 0.733 bits per heavy atom. The van der Waals surface area contributed by atoms with Crippen LogP contribution in [0.1, 0.15) is 43.3 Å². The molecule has 3 aromatic heterocycles. The van der Waals surface area contributed by atoms with Gasteiger partial charge in [0.25, 0.3) is 0 Å². The van der Waals surface area contributed by atoms with Crippen LogP contribution in [0.5, 0.6) is 11.5 Å². The lowest BCUT2D eigenvalue weighted by Gasteiger charge is -2.20. The van der Waals surface area contributed by atoms with Crippen molar-refractivity contribution in [1.29, 1.82) is 0 Å². The Morgan fingerprint density at radius 2 is 1.53 bits per heavy atom. The SMILES string of the molecule is Cc1cc(Oc2ccc3c4cc(F)ccc4n(-c4cc(C(C)(C)C)ccn4)c3c2)cc(-n2nc(C)c(-c3ccccc3)c2C)c1. The average Bonchev–Trinajstić information content (AvgIpc) is 3.49. The van der Waals surface area contributed by atoms with Crippen LogP contribution in [-0.2, 0) is 5.41 Å². The predicted molar refractivity (Wildman–Crippen MR) is 181 cm³/mol. The smallest absolute Gasteiger partial charge is 0.137 e. The highest BCUT2D eigenvalue weighted by atomic mass is 19.1. The molecule has 7 rings (SSSR count). The first kappa shape index (κ1) is 28.5. The van der Waals surface area contributed by atoms with Crippen LogP contribution in [0.2, 0.25) is 0 Å². The van der Waals surface area contributed by atoms with E-state index in [9.17, 15) is 4.39 Å². The summed E-state index contributed by atoms with van der Waals surface area (Å²) in [7, 11) is 0. The van der Waals surface area contributed by atoms with E-state index < -0.39 is 0 Å². The minimum absolute atomic E-state index is 0.0486. The molecule has 0 aliphatic heterocycles. The van der Waals surface area contributed by atoms with Crippen molar-refractivity contribution in [1.82, 2.24) is 19.3 Å². The molecule has 0 aliphatic carbocycles. The lowest BCUT2D eigenvalue weighted by Crippen LogP contribution is -2.12. The van der Waals surface area contributed by atoms with E-state index in [1.165, 1.54) is 11.6 Å². The number of pyridine rings is 1. The Balaban J connectivity index is 1.32. The maximum absolute atomic E-state index is 14.5. The molecule has 7 aromatic rings. The van der Waals surface area contributed by atoms with Gasteiger partial charge in [-0.15, -0.1) is 0 Å². The zero-order valence-corrected chi connectivity index (χ0v) is 26.4. The van der Waals surface area contributed by atoms with Gasteiger partial charge in [0.15, 0.2) is 0 Å². The molecule has 3 heterocycles. The summed E-state index contributed by atoms with van der Waals surface area (Å²) in [5.41, 5.74) is 9.22. The van der Waals surface area contributed by atoms with Gasteiger partial charge in [-0.2, -0.15) is 5.10 Å². The predicted octanol–water partition coefficient (Wildman–Crippen LogP) is 10.2. The lowest BCUT2D eigenvalue weighted by molar-refractivity contribution is 0.482. The molecule has 0 aliphatic rings. The summed E-state index contributed by atoms with van der Waals surface area (Å²) in [4.78, 5) is 4.75. The molecule has 4 aromatic carbocycles. The van der Waals surface area contributed by atoms with Crippen LogP contribution < -0.4 is 4.74 Å². The zero-order chi connectivity index (χ0) is 31.5. The van der Waals surface area contributed by atoms with E-state index in [1.807, 2.05) is 78.5 Å². The maximum Gasteiger partial charge on any atom is 0.137 e. The monoisotopic (exact) mass is 594 g/mol. The summed E-state index contributed by atoms with van der Waals surface area (Å²) < 4.78 is 25.1. The van der Waals surface area contributed by atoms with E-state index in [1.54, 1.807) is 6.07 Å². The van der Waals surface area contributed by atoms with Gasteiger partial charge >= 0.3 is 0 Å². The van der Waals surface area contributed by atoms with Crippen molar-refractivity contribution in [3.8, 4) is 34.1 Å². The topological polar surface area (TPSA) is 44.9 Å².